The van der Waals surface area contributed by atoms with Crippen LogP contribution in [0.3, 0.4) is 0 Å². The third-order valence-electron chi connectivity index (χ3n) is 1.03. The summed E-state index contributed by atoms with van der Waals surface area (Å²) in [4.78, 5) is 0. The summed E-state index contributed by atoms with van der Waals surface area (Å²) >= 11 is 0. The number of nitriles is 1. The first-order valence-electron chi connectivity index (χ1n) is 2.71. The van der Waals surface area contributed by atoms with Crippen molar-refractivity contribution in [2.75, 3.05) is 0 Å². The molecule has 0 N–H and O–H groups in total. The van der Waals surface area contributed by atoms with E-state index in [1.165, 1.54) is 6.42 Å². The van der Waals surface area contributed by atoms with Gasteiger partial charge in [-0.05, 0) is 0 Å². The average molecular weight is 139 g/mol. The molecule has 0 radical (unpaired) electrons. The first-order valence-corrected chi connectivity index (χ1v) is 2.71. The summed E-state index contributed by atoms with van der Waals surface area (Å²) in [5, 5.41) is 8.21. The van der Waals surface area contributed by atoms with Gasteiger partial charge >= 0.3 is 29.6 Å². The Morgan fingerprint density at radius 1 is 1.20 bits per heavy atom. The van der Waals surface area contributed by atoms with Crippen molar-refractivity contribution in [3.8, 4) is 6.07 Å². The van der Waals surface area contributed by atoms with Crippen LogP contribution in [0.2, 0.25) is 0 Å². The van der Waals surface area contributed by atoms with E-state index in [0.717, 1.165) is 5.56 Å². The third kappa shape index (κ3) is 2.93. The predicted octanol–water partition coefficient (Wildman–Crippen LogP) is -1.23. The van der Waals surface area contributed by atoms with Gasteiger partial charge in [0.15, 0.2) is 0 Å². The second-order valence-electron chi connectivity index (χ2n) is 1.68. The van der Waals surface area contributed by atoms with Crippen LogP contribution in [0.15, 0.2) is 30.3 Å². The Bertz CT molecular complexity index is 212. The van der Waals surface area contributed by atoms with Gasteiger partial charge in [0, 0.05) is 6.07 Å². The van der Waals surface area contributed by atoms with Crippen LogP contribution in [0.1, 0.15) is 5.56 Å². The largest absolute Gasteiger partial charge is 1.00 e. The zero-order valence-electron chi connectivity index (χ0n) is 5.91. The van der Waals surface area contributed by atoms with Gasteiger partial charge in [0.25, 0.3) is 0 Å². The number of benzene rings is 1. The molecule has 1 nitrogen and oxygen atoms in total. The first kappa shape index (κ1) is 9.58. The molecule has 0 bridgehead atoms. The summed E-state index contributed by atoms with van der Waals surface area (Å²) in [6, 6.07) is 11.5. The Morgan fingerprint density at radius 3 is 2.30 bits per heavy atom. The molecule has 1 aromatic rings. The molecule has 44 valence electrons. The Morgan fingerprint density at radius 2 is 1.80 bits per heavy atom. The van der Waals surface area contributed by atoms with Gasteiger partial charge in [-0.2, -0.15) is 17.7 Å². The Labute approximate surface area is 83.0 Å². The van der Waals surface area contributed by atoms with Crippen molar-refractivity contribution in [3.05, 3.63) is 42.3 Å². The number of rotatable bonds is 1. The Balaban J connectivity index is 0.000000810. The summed E-state index contributed by atoms with van der Waals surface area (Å²) in [6.45, 7) is 0. The standard InChI is InChI=1S/C8H6N.Na/c9-7-6-8-4-2-1-3-5-8;/h1-6H;/q-1;+1. The van der Waals surface area contributed by atoms with E-state index in [2.05, 4.69) is 0 Å². The van der Waals surface area contributed by atoms with Crippen LogP contribution in [0.5, 0.6) is 0 Å². The van der Waals surface area contributed by atoms with E-state index in [1.807, 2.05) is 36.4 Å². The molecule has 10 heavy (non-hydrogen) atoms. The quantitative estimate of drug-likeness (QED) is 0.353. The van der Waals surface area contributed by atoms with E-state index in [9.17, 15) is 0 Å². The van der Waals surface area contributed by atoms with Crippen molar-refractivity contribution in [2.24, 2.45) is 0 Å². The Kier molecular flexibility index (Phi) is 5.15. The molecule has 1 aromatic carbocycles. The fraction of sp³-hybridized carbons (Fsp3) is 0. The minimum atomic E-state index is 0. The minimum Gasteiger partial charge on any atom is -0.208 e. The molecule has 0 spiro atoms. The SMILES string of the molecule is N#C[CH-]c1ccccc1.[Na+]. The molecule has 2 heteroatoms. The number of nitrogens with zero attached hydrogens (tertiary/aromatic N) is 1. The van der Waals surface area contributed by atoms with Gasteiger partial charge in [-0.1, -0.05) is 12.5 Å². The molecule has 0 aromatic heterocycles. The summed E-state index contributed by atoms with van der Waals surface area (Å²) in [7, 11) is 0. The van der Waals surface area contributed by atoms with Gasteiger partial charge in [-0.3, -0.25) is 0 Å². The van der Waals surface area contributed by atoms with Crippen molar-refractivity contribution in [2.45, 2.75) is 0 Å². The molecule has 0 heterocycles. The van der Waals surface area contributed by atoms with Gasteiger partial charge in [-0.15, -0.1) is 12.1 Å². The maximum atomic E-state index is 8.21. The second kappa shape index (κ2) is 5.37. The topological polar surface area (TPSA) is 23.8 Å². The monoisotopic (exact) mass is 139 g/mol. The smallest absolute Gasteiger partial charge is 0.208 e. The first-order chi connectivity index (χ1) is 4.43. The van der Waals surface area contributed by atoms with E-state index in [4.69, 9.17) is 5.26 Å². The molecule has 0 aliphatic carbocycles. The molecule has 0 saturated carbocycles. The molecular weight excluding hydrogens is 133 g/mol. The van der Waals surface area contributed by atoms with Gasteiger partial charge in [0.2, 0.25) is 0 Å². The van der Waals surface area contributed by atoms with E-state index >= 15 is 0 Å². The summed E-state index contributed by atoms with van der Waals surface area (Å²) in [5.41, 5.74) is 0.958. The van der Waals surface area contributed by atoms with Crippen LogP contribution in [0.4, 0.5) is 0 Å². The molecular formula is C8H6NNa. The molecule has 0 fully saturated rings. The van der Waals surface area contributed by atoms with Crippen molar-refractivity contribution in [1.82, 2.24) is 0 Å². The summed E-state index contributed by atoms with van der Waals surface area (Å²) < 4.78 is 0. The zero-order valence-corrected chi connectivity index (χ0v) is 7.91. The van der Waals surface area contributed by atoms with Crippen molar-refractivity contribution >= 4 is 0 Å². The molecule has 1 rings (SSSR count). The van der Waals surface area contributed by atoms with E-state index in [0.29, 0.717) is 0 Å². The van der Waals surface area contributed by atoms with Crippen LogP contribution in [-0.4, -0.2) is 0 Å². The summed E-state index contributed by atoms with van der Waals surface area (Å²) in [5.74, 6) is 0. The Hall–Kier alpha value is -0.420. The predicted molar refractivity (Wildman–Crippen MR) is 35.5 cm³/mol. The minimum absolute atomic E-state index is 0. The van der Waals surface area contributed by atoms with Crippen molar-refractivity contribution in [3.63, 3.8) is 0 Å². The molecule has 0 aliphatic rings. The zero-order chi connectivity index (χ0) is 6.53. The van der Waals surface area contributed by atoms with E-state index in [1.54, 1.807) is 0 Å². The van der Waals surface area contributed by atoms with Crippen LogP contribution in [-0.2, 0) is 0 Å². The van der Waals surface area contributed by atoms with E-state index < -0.39 is 0 Å². The fourth-order valence-corrected chi connectivity index (χ4v) is 0.624. The van der Waals surface area contributed by atoms with Gasteiger partial charge < -0.3 is 0 Å². The third-order valence-corrected chi connectivity index (χ3v) is 1.03. The maximum Gasteiger partial charge on any atom is 1.00 e. The average Bonchev–Trinajstić information content (AvgIpc) is 1.91. The fourth-order valence-electron chi connectivity index (χ4n) is 0.624. The van der Waals surface area contributed by atoms with Crippen LogP contribution < -0.4 is 29.6 Å². The maximum absolute atomic E-state index is 8.21. The van der Waals surface area contributed by atoms with Crippen LogP contribution in [0, 0.1) is 17.8 Å². The van der Waals surface area contributed by atoms with E-state index in [-0.39, 0.29) is 29.6 Å². The molecule has 0 unspecified atom stereocenters. The van der Waals surface area contributed by atoms with Gasteiger partial charge in [0.05, 0.1) is 0 Å². The second-order valence-corrected chi connectivity index (χ2v) is 1.68. The van der Waals surface area contributed by atoms with Gasteiger partial charge in [0.1, 0.15) is 0 Å². The van der Waals surface area contributed by atoms with Crippen molar-refractivity contribution in [1.29, 1.82) is 5.26 Å². The number of hydrogen-bond acceptors (Lipinski definition) is 1. The van der Waals surface area contributed by atoms with Crippen LogP contribution in [0.25, 0.3) is 0 Å². The number of hydrogen-bond donors (Lipinski definition) is 0. The molecule has 0 atom stereocenters. The summed E-state index contributed by atoms with van der Waals surface area (Å²) in [6.07, 6.45) is 1.51. The molecule has 0 saturated heterocycles. The normalized spacial score (nSPS) is 7.10. The van der Waals surface area contributed by atoms with Crippen LogP contribution >= 0.6 is 0 Å². The van der Waals surface area contributed by atoms with Crippen molar-refractivity contribution < 1.29 is 29.6 Å². The molecule has 0 amide bonds. The molecule has 0 aliphatic heterocycles. The van der Waals surface area contributed by atoms with Gasteiger partial charge in [-0.25, -0.2) is 5.26 Å².